The monoisotopic (exact) mass is 961 g/mol. The number of morpholine rings is 1. The van der Waals surface area contributed by atoms with E-state index in [1.54, 1.807) is 60.6 Å². The fourth-order valence-corrected chi connectivity index (χ4v) is 8.93. The van der Waals surface area contributed by atoms with E-state index < -0.39 is 35.3 Å². The fourth-order valence-electron chi connectivity index (χ4n) is 8.93. The molecule has 2 atom stereocenters. The molecule has 2 aliphatic heterocycles. The molecule has 23 heteroatoms. The van der Waals surface area contributed by atoms with Gasteiger partial charge < -0.3 is 30.2 Å². The molecule has 7 heterocycles. The summed E-state index contributed by atoms with van der Waals surface area (Å²) in [6, 6.07) is 7.03. The van der Waals surface area contributed by atoms with Gasteiger partial charge in [-0.2, -0.15) is 10.2 Å². The highest BCUT2D eigenvalue weighted by atomic mass is 16.6. The number of aromatic nitrogens is 9. The zero-order valence-electron chi connectivity index (χ0n) is 40.4. The number of aryl methyl sites for hydroxylation is 4. The number of nitrogens with one attached hydrogen (secondary N) is 3. The first-order valence-corrected chi connectivity index (χ1v) is 23.3. The van der Waals surface area contributed by atoms with Crippen LogP contribution in [0.3, 0.4) is 0 Å². The molecule has 0 radical (unpaired) electrons. The molecule has 8 rings (SSSR count). The van der Waals surface area contributed by atoms with E-state index in [-0.39, 0.29) is 54.0 Å². The topological polar surface area (TPSA) is 289 Å². The minimum atomic E-state index is -0.810. The van der Waals surface area contributed by atoms with Crippen molar-refractivity contribution >= 4 is 69.5 Å². The normalized spacial score (nSPS) is 16.0. The van der Waals surface area contributed by atoms with Crippen LogP contribution in [0, 0.1) is 13.8 Å². The molecule has 70 heavy (non-hydrogen) atoms. The van der Waals surface area contributed by atoms with E-state index in [1.807, 2.05) is 26.0 Å². The predicted octanol–water partition coefficient (Wildman–Crippen LogP) is 4.77. The van der Waals surface area contributed by atoms with E-state index in [1.165, 1.54) is 23.0 Å². The Morgan fingerprint density at radius 1 is 0.814 bits per heavy atom. The van der Waals surface area contributed by atoms with Gasteiger partial charge in [0.1, 0.15) is 28.1 Å². The van der Waals surface area contributed by atoms with Gasteiger partial charge in [-0.15, -0.1) is 0 Å². The second kappa shape index (κ2) is 20.1. The summed E-state index contributed by atoms with van der Waals surface area (Å²) in [5.41, 5.74) is 14.0. The van der Waals surface area contributed by atoms with Crippen LogP contribution in [-0.2, 0) is 35.7 Å². The molecule has 370 valence electrons. The molecule has 1 aromatic carbocycles. The maximum absolute atomic E-state index is 14.5. The van der Waals surface area contributed by atoms with Crippen LogP contribution in [0.5, 0.6) is 5.75 Å². The molecular weight excluding hydrogens is 903 g/mol. The number of amides is 5. The third-order valence-corrected chi connectivity index (χ3v) is 12.1. The van der Waals surface area contributed by atoms with Crippen molar-refractivity contribution in [1.29, 1.82) is 0 Å². The second-order valence-corrected chi connectivity index (χ2v) is 18.2. The summed E-state index contributed by atoms with van der Waals surface area (Å²) < 4.78 is 24.2. The molecule has 7 N–H and O–H groups in total. The standard InChI is InChI=1S/C47H59N15O8/c1-8-61-34(19-26(3)56-61)42(65)54-45-52-33-21-29(40(49)64)23-50-41(33)60(45)16-11-10-15-59-37-32(20-28(39(48)63)22-35(37)69-18-12-17-58-30-13-14-31(58)25-68-24-30)51-44(59)55-43(66)38-36(27(4)57-62(38)9-2)53-46(67)70-47(5,6)7/h10-11,19-23,30-31H,8-9,12-18,24-25H2,1-7H3,(H2,48,63)(H2,49,64)(H,53,67)(H,51,55,66)(H,52,54,65)/b11-10+. The number of allylic oxidation sites excluding steroid dienone is 2. The number of carbonyl (C=O) groups is 5. The number of primary amides is 2. The molecule has 23 nitrogen and oxygen atoms in total. The maximum atomic E-state index is 14.5. The van der Waals surface area contributed by atoms with Crippen molar-refractivity contribution in [2.24, 2.45) is 11.5 Å². The Bertz CT molecular complexity index is 3010. The molecule has 5 aromatic heterocycles. The van der Waals surface area contributed by atoms with E-state index in [0.717, 1.165) is 19.4 Å². The average Bonchev–Trinajstić information content (AvgIpc) is 4.09. The number of nitrogens with two attached hydrogens (primary N) is 2. The van der Waals surface area contributed by atoms with Gasteiger partial charge in [0, 0.05) is 56.6 Å². The molecule has 2 fully saturated rings. The molecule has 5 amide bonds. The van der Waals surface area contributed by atoms with Crippen molar-refractivity contribution in [3.8, 4) is 5.75 Å². The summed E-state index contributed by atoms with van der Waals surface area (Å²) in [5, 5.41) is 17.4. The lowest BCUT2D eigenvalue weighted by Crippen LogP contribution is -2.46. The molecule has 2 aliphatic rings. The molecule has 0 saturated carbocycles. The molecule has 0 aliphatic carbocycles. The van der Waals surface area contributed by atoms with Crippen molar-refractivity contribution in [2.45, 2.75) is 112 Å². The first kappa shape index (κ1) is 48.8. The summed E-state index contributed by atoms with van der Waals surface area (Å²) in [4.78, 5) is 82.4. The summed E-state index contributed by atoms with van der Waals surface area (Å²) in [7, 11) is 0. The number of imidazole rings is 2. The van der Waals surface area contributed by atoms with Crippen molar-refractivity contribution in [1.82, 2.24) is 48.5 Å². The second-order valence-electron chi connectivity index (χ2n) is 18.2. The summed E-state index contributed by atoms with van der Waals surface area (Å²) in [6.07, 6.45) is 7.08. The minimum absolute atomic E-state index is 0.0529. The van der Waals surface area contributed by atoms with Crippen molar-refractivity contribution < 1.29 is 38.2 Å². The lowest BCUT2D eigenvalue weighted by Gasteiger charge is -2.34. The lowest BCUT2D eigenvalue weighted by molar-refractivity contribution is -0.0160. The first-order chi connectivity index (χ1) is 33.4. The van der Waals surface area contributed by atoms with Crippen molar-refractivity contribution in [3.63, 3.8) is 0 Å². The van der Waals surface area contributed by atoms with Crippen LogP contribution in [0.4, 0.5) is 22.4 Å². The van der Waals surface area contributed by atoms with Crippen LogP contribution in [0.25, 0.3) is 22.2 Å². The van der Waals surface area contributed by atoms with Gasteiger partial charge in [-0.05, 0) is 92.0 Å². The minimum Gasteiger partial charge on any atom is -0.491 e. The van der Waals surface area contributed by atoms with Gasteiger partial charge in [0.05, 0.1) is 48.0 Å². The third kappa shape index (κ3) is 10.3. The fraction of sp³-hybridized carbons (Fsp3) is 0.447. The number of nitrogens with zero attached hydrogens (tertiary/aromatic N) is 10. The largest absolute Gasteiger partial charge is 0.491 e. The van der Waals surface area contributed by atoms with Crippen LogP contribution in [-0.4, -0.2) is 122 Å². The van der Waals surface area contributed by atoms with Gasteiger partial charge in [-0.1, -0.05) is 12.2 Å². The lowest BCUT2D eigenvalue weighted by atomic mass is 10.1. The predicted molar refractivity (Wildman–Crippen MR) is 259 cm³/mol. The highest BCUT2D eigenvalue weighted by Gasteiger charge is 2.37. The number of carbonyl (C=O) groups excluding carboxylic acids is 5. The Hall–Kier alpha value is -7.66. The van der Waals surface area contributed by atoms with Gasteiger partial charge in [-0.3, -0.25) is 54.0 Å². The SMILES string of the molecule is CCn1nc(C)cc1C(=O)Nc1nc2cc(C(N)=O)cnc2n1C/C=C/Cn1c(NC(=O)c2c(NC(=O)OC(C)(C)C)c(C)nn2CC)nc2cc(C(N)=O)cc(OCCCN3C4CCC3COC4)c21. The van der Waals surface area contributed by atoms with E-state index in [0.29, 0.717) is 89.9 Å². The van der Waals surface area contributed by atoms with Crippen molar-refractivity contribution in [3.05, 3.63) is 76.5 Å². The van der Waals surface area contributed by atoms with E-state index in [9.17, 15) is 24.0 Å². The molecule has 2 bridgehead atoms. The number of anilines is 3. The summed E-state index contributed by atoms with van der Waals surface area (Å²) in [6.45, 7) is 15.8. The summed E-state index contributed by atoms with van der Waals surface area (Å²) >= 11 is 0. The van der Waals surface area contributed by atoms with Crippen molar-refractivity contribution in [2.75, 3.05) is 42.3 Å². The van der Waals surface area contributed by atoms with Gasteiger partial charge in [-0.25, -0.2) is 19.7 Å². The Morgan fingerprint density at radius 3 is 2.13 bits per heavy atom. The van der Waals surface area contributed by atoms with Gasteiger partial charge in [0.15, 0.2) is 11.3 Å². The third-order valence-electron chi connectivity index (χ3n) is 12.1. The Morgan fingerprint density at radius 2 is 1.46 bits per heavy atom. The Labute approximate surface area is 402 Å². The smallest absolute Gasteiger partial charge is 0.412 e. The zero-order chi connectivity index (χ0) is 50.0. The van der Waals surface area contributed by atoms with Crippen LogP contribution < -0.4 is 32.2 Å². The molecule has 2 unspecified atom stereocenters. The summed E-state index contributed by atoms with van der Waals surface area (Å²) in [5.74, 6) is -1.92. The number of hydrogen-bond donors (Lipinski definition) is 5. The molecule has 0 spiro atoms. The highest BCUT2D eigenvalue weighted by Crippen LogP contribution is 2.33. The Balaban J connectivity index is 1.14. The Kier molecular flexibility index (Phi) is 14.0. The number of benzene rings is 1. The maximum Gasteiger partial charge on any atom is 0.412 e. The first-order valence-electron chi connectivity index (χ1n) is 23.3. The van der Waals surface area contributed by atoms with Gasteiger partial charge in [0.25, 0.3) is 11.8 Å². The number of hydrogen-bond acceptors (Lipinski definition) is 14. The number of rotatable bonds is 18. The van der Waals surface area contributed by atoms with Crippen LogP contribution in [0.15, 0.2) is 42.6 Å². The molecular formula is C47H59N15O8. The van der Waals surface area contributed by atoms with Crippen LogP contribution in [0.1, 0.15) is 107 Å². The van der Waals surface area contributed by atoms with Gasteiger partial charge in [0.2, 0.25) is 23.7 Å². The van der Waals surface area contributed by atoms with Crippen LogP contribution >= 0.6 is 0 Å². The highest BCUT2D eigenvalue weighted by molar-refractivity contribution is 6.09. The molecule has 2 saturated heterocycles. The van der Waals surface area contributed by atoms with Crippen LogP contribution in [0.2, 0.25) is 0 Å². The number of fused-ring (bicyclic) bond motifs is 4. The molecule has 6 aromatic rings. The zero-order valence-corrected chi connectivity index (χ0v) is 40.4. The van der Waals surface area contributed by atoms with E-state index >= 15 is 0 Å². The quantitative estimate of drug-likeness (QED) is 0.0573. The van der Waals surface area contributed by atoms with E-state index in [2.05, 4.69) is 41.0 Å². The average molecular weight is 962 g/mol. The number of ether oxygens (including phenoxy) is 3. The van der Waals surface area contributed by atoms with Gasteiger partial charge >= 0.3 is 6.09 Å². The van der Waals surface area contributed by atoms with E-state index in [4.69, 9.17) is 30.7 Å². The number of pyridine rings is 1.